The Balaban J connectivity index is 2.37. The van der Waals surface area contributed by atoms with Crippen molar-refractivity contribution in [2.45, 2.75) is 19.9 Å². The number of nitrogens with one attached hydrogen (secondary N) is 2. The molecule has 0 saturated heterocycles. The van der Waals surface area contributed by atoms with Crippen LogP contribution in [0.25, 0.3) is 0 Å². The van der Waals surface area contributed by atoms with Gasteiger partial charge >= 0.3 is 5.97 Å². The number of rotatable bonds is 6. The molecule has 0 aliphatic carbocycles. The van der Waals surface area contributed by atoms with E-state index in [1.165, 1.54) is 11.8 Å². The van der Waals surface area contributed by atoms with E-state index >= 15 is 0 Å². The standard InChI is InChI=1S/C10H16N4O3S/c1-5-9(6(2)14-13-5)12-8(15)4-18-3-7(11)10(16)17/h7H,3-4,11H2,1-2H3,(H,12,15)(H,13,14)(H,16,17). The average molecular weight is 272 g/mol. The molecule has 1 heterocycles. The maximum atomic E-state index is 11.6. The van der Waals surface area contributed by atoms with Gasteiger partial charge < -0.3 is 16.2 Å². The predicted molar refractivity (Wildman–Crippen MR) is 69.6 cm³/mol. The first-order valence-corrected chi connectivity index (χ1v) is 6.44. The van der Waals surface area contributed by atoms with E-state index in [0.717, 1.165) is 5.69 Å². The number of amides is 1. The molecule has 1 aromatic rings. The van der Waals surface area contributed by atoms with Gasteiger partial charge in [-0.15, -0.1) is 11.8 Å². The lowest BCUT2D eigenvalue weighted by Crippen LogP contribution is -2.33. The minimum absolute atomic E-state index is 0.158. The molecule has 1 aromatic heterocycles. The van der Waals surface area contributed by atoms with Crippen molar-refractivity contribution < 1.29 is 14.7 Å². The number of aromatic amines is 1. The molecule has 1 atom stereocenters. The fraction of sp³-hybridized carbons (Fsp3) is 0.500. The molecule has 0 spiro atoms. The van der Waals surface area contributed by atoms with Gasteiger partial charge in [-0.05, 0) is 13.8 Å². The SMILES string of the molecule is Cc1n[nH]c(C)c1NC(=O)CSCC(N)C(=O)O. The lowest BCUT2D eigenvalue weighted by atomic mass is 10.3. The molecule has 0 aromatic carbocycles. The van der Waals surface area contributed by atoms with Crippen LogP contribution in [0.15, 0.2) is 0 Å². The van der Waals surface area contributed by atoms with Crippen LogP contribution < -0.4 is 11.1 Å². The van der Waals surface area contributed by atoms with E-state index in [4.69, 9.17) is 10.8 Å². The van der Waals surface area contributed by atoms with Crippen molar-refractivity contribution in [2.24, 2.45) is 5.73 Å². The zero-order valence-electron chi connectivity index (χ0n) is 10.2. The van der Waals surface area contributed by atoms with Gasteiger partial charge in [0.25, 0.3) is 0 Å². The Morgan fingerprint density at radius 1 is 1.56 bits per heavy atom. The second kappa shape index (κ2) is 6.41. The Hall–Kier alpha value is -1.54. The number of aliphatic carboxylic acids is 1. The van der Waals surface area contributed by atoms with Crippen molar-refractivity contribution in [1.82, 2.24) is 10.2 Å². The van der Waals surface area contributed by atoms with Gasteiger partial charge in [-0.25, -0.2) is 0 Å². The van der Waals surface area contributed by atoms with Crippen molar-refractivity contribution in [3.63, 3.8) is 0 Å². The second-order valence-corrected chi connectivity index (χ2v) is 4.85. The Morgan fingerprint density at radius 2 is 2.22 bits per heavy atom. The molecule has 100 valence electrons. The number of H-pyrrole nitrogens is 1. The number of nitrogens with zero attached hydrogens (tertiary/aromatic N) is 1. The van der Waals surface area contributed by atoms with Crippen LogP contribution in [0.1, 0.15) is 11.4 Å². The first-order chi connectivity index (χ1) is 8.41. The monoisotopic (exact) mass is 272 g/mol. The minimum atomic E-state index is -1.07. The van der Waals surface area contributed by atoms with E-state index in [0.29, 0.717) is 11.4 Å². The van der Waals surface area contributed by atoms with E-state index in [9.17, 15) is 9.59 Å². The molecule has 0 radical (unpaired) electrons. The van der Waals surface area contributed by atoms with Gasteiger partial charge in [-0.3, -0.25) is 14.7 Å². The summed E-state index contributed by atoms with van der Waals surface area (Å²) in [5, 5.41) is 18.0. The number of carboxylic acid groups (broad SMARTS) is 1. The fourth-order valence-electron chi connectivity index (χ4n) is 1.26. The van der Waals surface area contributed by atoms with Gasteiger partial charge in [0, 0.05) is 5.75 Å². The summed E-state index contributed by atoms with van der Waals surface area (Å²) in [6, 6.07) is -0.944. The number of carbonyl (C=O) groups excluding carboxylic acids is 1. The summed E-state index contributed by atoms with van der Waals surface area (Å²) in [7, 11) is 0. The largest absolute Gasteiger partial charge is 0.480 e. The lowest BCUT2D eigenvalue weighted by molar-refractivity contribution is -0.137. The number of anilines is 1. The molecule has 0 bridgehead atoms. The highest BCUT2D eigenvalue weighted by atomic mass is 32.2. The van der Waals surface area contributed by atoms with Crippen molar-refractivity contribution in [3.05, 3.63) is 11.4 Å². The topological polar surface area (TPSA) is 121 Å². The van der Waals surface area contributed by atoms with Crippen LogP contribution in [-0.4, -0.2) is 44.7 Å². The third kappa shape index (κ3) is 4.04. The smallest absolute Gasteiger partial charge is 0.321 e. The van der Waals surface area contributed by atoms with Crippen LogP contribution in [0.4, 0.5) is 5.69 Å². The summed E-state index contributed by atoms with van der Waals surface area (Å²) in [6.45, 7) is 3.59. The van der Waals surface area contributed by atoms with E-state index in [1.807, 2.05) is 6.92 Å². The van der Waals surface area contributed by atoms with Crippen LogP contribution in [0.2, 0.25) is 0 Å². The number of hydrogen-bond donors (Lipinski definition) is 4. The van der Waals surface area contributed by atoms with Gasteiger partial charge in [0.2, 0.25) is 5.91 Å². The van der Waals surface area contributed by atoms with Gasteiger partial charge in [-0.2, -0.15) is 5.10 Å². The first-order valence-electron chi connectivity index (χ1n) is 5.29. The van der Waals surface area contributed by atoms with Gasteiger partial charge in [0.1, 0.15) is 6.04 Å². The van der Waals surface area contributed by atoms with E-state index < -0.39 is 12.0 Å². The number of carboxylic acids is 1. The maximum Gasteiger partial charge on any atom is 0.321 e. The Labute approximate surface area is 109 Å². The van der Waals surface area contributed by atoms with E-state index in [1.54, 1.807) is 6.92 Å². The van der Waals surface area contributed by atoms with Crippen LogP contribution in [-0.2, 0) is 9.59 Å². The highest BCUT2D eigenvalue weighted by Gasteiger charge is 2.13. The molecule has 0 aliphatic rings. The van der Waals surface area contributed by atoms with Gasteiger partial charge in [0.15, 0.2) is 0 Å². The number of aromatic nitrogens is 2. The number of carbonyl (C=O) groups is 2. The summed E-state index contributed by atoms with van der Waals surface area (Å²) in [4.78, 5) is 22.1. The zero-order chi connectivity index (χ0) is 13.7. The van der Waals surface area contributed by atoms with E-state index in [2.05, 4.69) is 15.5 Å². The summed E-state index contributed by atoms with van der Waals surface area (Å²) in [5.74, 6) is -0.911. The summed E-state index contributed by atoms with van der Waals surface area (Å²) >= 11 is 1.18. The van der Waals surface area contributed by atoms with Crippen LogP contribution in [0, 0.1) is 13.8 Å². The zero-order valence-corrected chi connectivity index (χ0v) is 11.0. The molecule has 0 aliphatic heterocycles. The quantitative estimate of drug-likeness (QED) is 0.583. The van der Waals surface area contributed by atoms with Crippen molar-refractivity contribution >= 4 is 29.3 Å². The van der Waals surface area contributed by atoms with Crippen molar-refractivity contribution in [3.8, 4) is 0 Å². The molecule has 1 unspecified atom stereocenters. The Bertz CT molecular complexity index is 427. The number of hydrogen-bond acceptors (Lipinski definition) is 5. The molecule has 7 nitrogen and oxygen atoms in total. The third-order valence-corrected chi connectivity index (χ3v) is 3.30. The third-order valence-electron chi connectivity index (χ3n) is 2.24. The minimum Gasteiger partial charge on any atom is -0.480 e. The molecule has 5 N–H and O–H groups in total. The normalized spacial score (nSPS) is 12.2. The summed E-state index contributed by atoms with van der Waals surface area (Å²) < 4.78 is 0. The molecule has 0 fully saturated rings. The van der Waals surface area contributed by atoms with Gasteiger partial charge in [0.05, 0.1) is 22.8 Å². The second-order valence-electron chi connectivity index (χ2n) is 3.82. The highest BCUT2D eigenvalue weighted by Crippen LogP contribution is 2.16. The molecular weight excluding hydrogens is 256 g/mol. The first kappa shape index (κ1) is 14.5. The molecule has 0 saturated carbocycles. The summed E-state index contributed by atoms with van der Waals surface area (Å²) in [6.07, 6.45) is 0. The highest BCUT2D eigenvalue weighted by molar-refractivity contribution is 8.00. The summed E-state index contributed by atoms with van der Waals surface area (Å²) in [5.41, 5.74) is 7.49. The number of aryl methyl sites for hydroxylation is 2. The molecule has 1 rings (SSSR count). The van der Waals surface area contributed by atoms with Crippen molar-refractivity contribution in [2.75, 3.05) is 16.8 Å². The maximum absolute atomic E-state index is 11.6. The molecule has 8 heteroatoms. The number of thioether (sulfide) groups is 1. The molecular formula is C10H16N4O3S. The molecule has 1 amide bonds. The lowest BCUT2D eigenvalue weighted by Gasteiger charge is -2.07. The van der Waals surface area contributed by atoms with Crippen LogP contribution >= 0.6 is 11.8 Å². The van der Waals surface area contributed by atoms with Crippen molar-refractivity contribution in [1.29, 1.82) is 0 Å². The van der Waals surface area contributed by atoms with E-state index in [-0.39, 0.29) is 17.4 Å². The number of nitrogens with two attached hydrogens (primary N) is 1. The Kier molecular flexibility index (Phi) is 5.17. The van der Waals surface area contributed by atoms with Gasteiger partial charge in [-0.1, -0.05) is 0 Å². The Morgan fingerprint density at radius 3 is 2.72 bits per heavy atom. The van der Waals surface area contributed by atoms with Crippen LogP contribution in [0.3, 0.4) is 0 Å². The predicted octanol–water partition coefficient (Wildman–Crippen LogP) is 0.110. The fourth-order valence-corrected chi connectivity index (χ4v) is 2.03. The molecule has 18 heavy (non-hydrogen) atoms. The average Bonchev–Trinajstić information content (AvgIpc) is 2.60. The van der Waals surface area contributed by atoms with Crippen LogP contribution in [0.5, 0.6) is 0 Å².